The molecule has 1 saturated heterocycles. The number of rotatable bonds is 10. The van der Waals surface area contributed by atoms with Crippen molar-refractivity contribution in [2.24, 2.45) is 13.0 Å². The molecular weight excluding hydrogens is 510 g/mol. The maximum atomic E-state index is 12.6. The van der Waals surface area contributed by atoms with Crippen LogP contribution in [-0.4, -0.2) is 61.6 Å². The number of aromatic nitrogens is 7. The highest BCUT2D eigenvalue weighted by atomic mass is 28.3. The average Bonchev–Trinajstić information content (AvgIpc) is 3.66. The van der Waals surface area contributed by atoms with Gasteiger partial charge in [0.2, 0.25) is 0 Å². The molecule has 0 aliphatic carbocycles. The second-order valence-electron chi connectivity index (χ2n) is 11.4. The van der Waals surface area contributed by atoms with Gasteiger partial charge in [-0.05, 0) is 18.5 Å². The first-order valence-corrected chi connectivity index (χ1v) is 17.0. The molecule has 0 amide bonds. The molecule has 1 fully saturated rings. The van der Waals surface area contributed by atoms with E-state index in [0.717, 1.165) is 41.4 Å². The summed E-state index contributed by atoms with van der Waals surface area (Å²) in [6.07, 6.45) is 11.8. The monoisotopic (exact) mass is 545 g/mol. The maximum absolute atomic E-state index is 12.6. The molecule has 0 saturated carbocycles. The predicted molar refractivity (Wildman–Crippen MR) is 152 cm³/mol. The molecule has 4 aromatic rings. The third-order valence-corrected chi connectivity index (χ3v) is 9.07. The van der Waals surface area contributed by atoms with Crippen LogP contribution in [0.25, 0.3) is 22.3 Å². The topological polar surface area (TPSA) is 120 Å². The van der Waals surface area contributed by atoms with Gasteiger partial charge in [0.05, 0.1) is 30.4 Å². The van der Waals surface area contributed by atoms with Crippen LogP contribution in [0.4, 0.5) is 5.82 Å². The Balaban J connectivity index is 1.34. The molecular formula is C27H35N9O2Si. The summed E-state index contributed by atoms with van der Waals surface area (Å²) in [4.78, 5) is 28.0. The highest BCUT2D eigenvalue weighted by molar-refractivity contribution is 6.76. The summed E-state index contributed by atoms with van der Waals surface area (Å²) in [5.74, 6) is 0.612. The lowest BCUT2D eigenvalue weighted by atomic mass is 9.96. The molecule has 0 radical (unpaired) electrons. The summed E-state index contributed by atoms with van der Waals surface area (Å²) in [6, 6.07) is 5.34. The minimum Gasteiger partial charge on any atom is -0.361 e. The van der Waals surface area contributed by atoms with Crippen molar-refractivity contribution in [1.29, 1.82) is 5.26 Å². The normalized spacial score (nSPS) is 16.6. The number of nitrogens with zero attached hydrogens (tertiary/aromatic N) is 9. The molecule has 2 atom stereocenters. The Kier molecular flexibility index (Phi) is 7.63. The van der Waals surface area contributed by atoms with Crippen LogP contribution >= 0.6 is 0 Å². The van der Waals surface area contributed by atoms with E-state index < -0.39 is 8.07 Å². The highest BCUT2D eigenvalue weighted by Gasteiger charge is 2.33. The van der Waals surface area contributed by atoms with Gasteiger partial charge in [0.15, 0.2) is 5.82 Å². The van der Waals surface area contributed by atoms with E-state index in [9.17, 15) is 10.1 Å². The summed E-state index contributed by atoms with van der Waals surface area (Å²) in [7, 11) is 0.582. The number of hydrogen-bond acceptors (Lipinski definition) is 8. The average molecular weight is 546 g/mol. The van der Waals surface area contributed by atoms with Crippen LogP contribution in [0.1, 0.15) is 18.9 Å². The summed E-state index contributed by atoms with van der Waals surface area (Å²) in [6.45, 7) is 9.58. The van der Waals surface area contributed by atoms with Crippen molar-refractivity contribution in [1.82, 2.24) is 33.9 Å². The molecule has 1 aliphatic rings. The van der Waals surface area contributed by atoms with Gasteiger partial charge in [-0.25, -0.2) is 15.0 Å². The number of fused-ring (bicyclic) bond motifs is 1. The van der Waals surface area contributed by atoms with Gasteiger partial charge in [0.1, 0.15) is 18.7 Å². The molecule has 0 N–H and O–H groups in total. The van der Waals surface area contributed by atoms with Gasteiger partial charge in [-0.15, -0.1) is 0 Å². The van der Waals surface area contributed by atoms with Crippen LogP contribution in [-0.2, 0) is 18.5 Å². The Morgan fingerprint density at radius 3 is 2.87 bits per heavy atom. The maximum Gasteiger partial charge on any atom is 0.293 e. The zero-order chi connectivity index (χ0) is 27.6. The fourth-order valence-electron chi connectivity index (χ4n) is 5.09. The number of hydrogen-bond donors (Lipinski definition) is 0. The predicted octanol–water partition coefficient (Wildman–Crippen LogP) is 3.68. The third kappa shape index (κ3) is 5.79. The summed E-state index contributed by atoms with van der Waals surface area (Å²) in [5.41, 5.74) is 2.37. The SMILES string of the molecule is Cn1ccnc(N2CCC(C(CC#N)n3cc(-c4ncnc5c4ccn5COCC[Si](C)(C)C)cn3)C2)c1=O. The first-order valence-electron chi connectivity index (χ1n) is 13.3. The van der Waals surface area contributed by atoms with E-state index in [-0.39, 0.29) is 17.5 Å². The quantitative estimate of drug-likeness (QED) is 0.219. The van der Waals surface area contributed by atoms with E-state index in [1.165, 1.54) is 4.57 Å². The fourth-order valence-corrected chi connectivity index (χ4v) is 5.84. The van der Waals surface area contributed by atoms with E-state index >= 15 is 0 Å². The van der Waals surface area contributed by atoms with Crippen LogP contribution in [0.3, 0.4) is 0 Å². The van der Waals surface area contributed by atoms with Crippen molar-refractivity contribution in [3.8, 4) is 17.3 Å². The lowest BCUT2D eigenvalue weighted by molar-refractivity contribution is 0.0899. The van der Waals surface area contributed by atoms with Gasteiger partial charge in [-0.2, -0.15) is 10.4 Å². The number of aryl methyl sites for hydroxylation is 1. The third-order valence-electron chi connectivity index (χ3n) is 7.37. The van der Waals surface area contributed by atoms with E-state index in [4.69, 9.17) is 4.74 Å². The van der Waals surface area contributed by atoms with Crippen LogP contribution in [0.5, 0.6) is 0 Å². The fraction of sp³-hybridized carbons (Fsp3) is 0.481. The zero-order valence-corrected chi connectivity index (χ0v) is 24.0. The Morgan fingerprint density at radius 1 is 1.23 bits per heavy atom. The number of nitriles is 1. The van der Waals surface area contributed by atoms with Crippen LogP contribution < -0.4 is 10.5 Å². The molecule has 11 nitrogen and oxygen atoms in total. The van der Waals surface area contributed by atoms with Crippen molar-refractivity contribution >= 4 is 24.9 Å². The molecule has 0 bridgehead atoms. The van der Waals surface area contributed by atoms with E-state index in [2.05, 4.69) is 45.8 Å². The molecule has 0 aromatic carbocycles. The zero-order valence-electron chi connectivity index (χ0n) is 23.0. The van der Waals surface area contributed by atoms with Crippen molar-refractivity contribution in [3.63, 3.8) is 0 Å². The lowest BCUT2D eigenvalue weighted by Gasteiger charge is -2.22. The van der Waals surface area contributed by atoms with E-state index in [1.54, 1.807) is 32.0 Å². The lowest BCUT2D eigenvalue weighted by Crippen LogP contribution is -2.32. The number of ether oxygens (including phenoxy) is 1. The minimum absolute atomic E-state index is 0.113. The van der Waals surface area contributed by atoms with E-state index in [0.29, 0.717) is 32.1 Å². The van der Waals surface area contributed by atoms with Gasteiger partial charge >= 0.3 is 0 Å². The van der Waals surface area contributed by atoms with Crippen molar-refractivity contribution in [2.75, 3.05) is 24.6 Å². The van der Waals surface area contributed by atoms with Gasteiger partial charge in [-0.3, -0.25) is 9.48 Å². The second kappa shape index (κ2) is 11.1. The number of anilines is 1. The van der Waals surface area contributed by atoms with Crippen molar-refractivity contribution < 1.29 is 4.74 Å². The van der Waals surface area contributed by atoms with Crippen LogP contribution in [0, 0.1) is 17.2 Å². The van der Waals surface area contributed by atoms with Gasteiger partial charge < -0.3 is 18.8 Å². The minimum atomic E-state index is -1.15. The van der Waals surface area contributed by atoms with Gasteiger partial charge in [0, 0.05) is 76.5 Å². The smallest absolute Gasteiger partial charge is 0.293 e. The first kappa shape index (κ1) is 26.8. The summed E-state index contributed by atoms with van der Waals surface area (Å²) in [5, 5.41) is 15.2. The molecule has 204 valence electrons. The molecule has 5 rings (SSSR count). The van der Waals surface area contributed by atoms with Crippen molar-refractivity contribution in [3.05, 3.63) is 53.7 Å². The van der Waals surface area contributed by atoms with Gasteiger partial charge in [-0.1, -0.05) is 19.6 Å². The van der Waals surface area contributed by atoms with Gasteiger partial charge in [0.25, 0.3) is 5.56 Å². The molecule has 12 heteroatoms. The summed E-state index contributed by atoms with van der Waals surface area (Å²) < 4.78 is 11.4. The highest BCUT2D eigenvalue weighted by Crippen LogP contribution is 2.33. The standard InChI is InChI=1S/C27H35N9O2Si/c1-33-12-9-29-26(27(33)37)34-10-6-20(16-34)23(5-8-28)36-17-21(15-32-36)24-22-7-11-35(25(22)31-18-30-24)19-38-13-14-39(2,3)4/h7,9,11-12,15,17-18,20,23H,5-6,10,13-14,16,19H2,1-4H3. The Morgan fingerprint density at radius 2 is 2.08 bits per heavy atom. The second-order valence-corrected chi connectivity index (χ2v) is 17.0. The Labute approximate surface area is 228 Å². The Bertz CT molecular complexity index is 1550. The largest absolute Gasteiger partial charge is 0.361 e. The molecule has 5 heterocycles. The van der Waals surface area contributed by atoms with Crippen LogP contribution in [0.15, 0.2) is 48.2 Å². The van der Waals surface area contributed by atoms with Crippen molar-refractivity contribution in [2.45, 2.75) is 51.3 Å². The molecule has 1 aliphatic heterocycles. The van der Waals surface area contributed by atoms with E-state index in [1.807, 2.05) is 32.6 Å². The molecule has 39 heavy (non-hydrogen) atoms. The summed E-state index contributed by atoms with van der Waals surface area (Å²) >= 11 is 0. The Hall–Kier alpha value is -3.82. The molecule has 4 aromatic heterocycles. The molecule has 0 spiro atoms. The van der Waals surface area contributed by atoms with Crippen LogP contribution in [0.2, 0.25) is 25.7 Å². The first-order chi connectivity index (χ1) is 18.7. The molecule has 2 unspecified atom stereocenters.